The average Bonchev–Trinajstić information content (AvgIpc) is 2.05. The van der Waals surface area contributed by atoms with Crippen LogP contribution in [0.3, 0.4) is 0 Å². The van der Waals surface area contributed by atoms with Gasteiger partial charge in [-0.05, 0) is 19.1 Å². The third-order valence-corrected chi connectivity index (χ3v) is 1.05. The van der Waals surface area contributed by atoms with Crippen molar-refractivity contribution in [3.05, 3.63) is 49.0 Å². The maximum atomic E-state index is 12.2. The summed E-state index contributed by atoms with van der Waals surface area (Å²) >= 11 is 0. The minimum Gasteiger partial charge on any atom is -0.421 e. The van der Waals surface area contributed by atoms with E-state index in [0.29, 0.717) is 0 Å². The lowest BCUT2D eigenvalue weighted by molar-refractivity contribution is -0.136. The van der Waals surface area contributed by atoms with Crippen molar-refractivity contribution in [2.45, 2.75) is 6.92 Å². The summed E-state index contributed by atoms with van der Waals surface area (Å²) < 4.78 is 16.8. The number of allylic oxidation sites excluding steroid dienone is 4. The van der Waals surface area contributed by atoms with Crippen molar-refractivity contribution < 1.29 is 13.9 Å². The van der Waals surface area contributed by atoms with E-state index >= 15 is 0 Å². The number of hydrogen-bond donors (Lipinski definition) is 0. The molecule has 70 valence electrons. The molecule has 0 aromatic carbocycles. The van der Waals surface area contributed by atoms with Gasteiger partial charge in [0.1, 0.15) is 5.76 Å². The third kappa shape index (κ3) is 4.74. The second-order valence-corrected chi connectivity index (χ2v) is 2.10. The summed E-state index contributed by atoms with van der Waals surface area (Å²) in [4.78, 5) is 10.7. The van der Waals surface area contributed by atoms with Crippen molar-refractivity contribution in [3.8, 4) is 0 Å². The first-order chi connectivity index (χ1) is 6.11. The van der Waals surface area contributed by atoms with E-state index in [4.69, 9.17) is 0 Å². The monoisotopic (exact) mass is 182 g/mol. The third-order valence-electron chi connectivity index (χ3n) is 1.05. The maximum absolute atomic E-state index is 12.2. The highest BCUT2D eigenvalue weighted by atomic mass is 19.1. The molecule has 0 aromatic heterocycles. The fourth-order valence-corrected chi connectivity index (χ4v) is 0.566. The van der Waals surface area contributed by atoms with Gasteiger partial charge in [-0.1, -0.05) is 25.3 Å². The zero-order valence-electron chi connectivity index (χ0n) is 7.42. The fourth-order valence-electron chi connectivity index (χ4n) is 0.566. The van der Waals surface area contributed by atoms with Crippen molar-refractivity contribution in [2.75, 3.05) is 0 Å². The van der Waals surface area contributed by atoms with Gasteiger partial charge in [-0.3, -0.25) is 0 Å². The molecule has 0 saturated carbocycles. The van der Waals surface area contributed by atoms with Gasteiger partial charge >= 0.3 is 5.97 Å². The highest BCUT2D eigenvalue weighted by Crippen LogP contribution is 2.05. The van der Waals surface area contributed by atoms with E-state index in [0.717, 1.165) is 0 Å². The number of carbonyl (C=O) groups excluding carboxylic acids is 1. The average molecular weight is 182 g/mol. The van der Waals surface area contributed by atoms with E-state index < -0.39 is 11.8 Å². The van der Waals surface area contributed by atoms with E-state index in [-0.39, 0.29) is 5.76 Å². The van der Waals surface area contributed by atoms with E-state index in [1.54, 1.807) is 13.0 Å². The maximum Gasteiger partial charge on any atom is 0.371 e. The van der Waals surface area contributed by atoms with Crippen molar-refractivity contribution in [3.63, 3.8) is 0 Å². The number of hydrogen-bond acceptors (Lipinski definition) is 2. The van der Waals surface area contributed by atoms with Gasteiger partial charge in [0.05, 0.1) is 0 Å². The van der Waals surface area contributed by atoms with Crippen LogP contribution in [0, 0.1) is 0 Å². The largest absolute Gasteiger partial charge is 0.421 e. The molecule has 0 rings (SSSR count). The highest BCUT2D eigenvalue weighted by molar-refractivity contribution is 5.86. The molecule has 0 N–H and O–H groups in total. The van der Waals surface area contributed by atoms with Gasteiger partial charge in [0.2, 0.25) is 5.83 Å². The van der Waals surface area contributed by atoms with Crippen LogP contribution in [0.1, 0.15) is 6.92 Å². The predicted octanol–water partition coefficient (Wildman–Crippen LogP) is 2.66. The minimum atomic E-state index is -1.13. The Hall–Kier alpha value is -1.64. The molecule has 0 amide bonds. The molecule has 0 saturated heterocycles. The van der Waals surface area contributed by atoms with Crippen LogP contribution in [-0.4, -0.2) is 5.97 Å². The summed E-state index contributed by atoms with van der Waals surface area (Å²) in [5, 5.41) is 0. The quantitative estimate of drug-likeness (QED) is 0.289. The van der Waals surface area contributed by atoms with Crippen LogP contribution in [0.15, 0.2) is 49.0 Å². The van der Waals surface area contributed by atoms with Crippen LogP contribution in [0.25, 0.3) is 0 Å². The number of halogens is 1. The Morgan fingerprint density at radius 3 is 2.54 bits per heavy atom. The second-order valence-electron chi connectivity index (χ2n) is 2.10. The van der Waals surface area contributed by atoms with E-state index in [9.17, 15) is 9.18 Å². The summed E-state index contributed by atoms with van der Waals surface area (Å²) in [5.41, 5.74) is 0. The molecule has 0 aliphatic rings. The lowest BCUT2D eigenvalue weighted by Crippen LogP contribution is -2.02. The van der Waals surface area contributed by atoms with Crippen LogP contribution in [-0.2, 0) is 9.53 Å². The Bertz CT molecular complexity index is 275. The number of carbonyl (C=O) groups is 1. The van der Waals surface area contributed by atoms with Crippen LogP contribution in [0.2, 0.25) is 0 Å². The number of ether oxygens (including phenoxy) is 1. The van der Waals surface area contributed by atoms with Crippen molar-refractivity contribution in [1.82, 2.24) is 0 Å². The smallest absolute Gasteiger partial charge is 0.371 e. The Morgan fingerprint density at radius 1 is 1.54 bits per heavy atom. The van der Waals surface area contributed by atoms with E-state index in [2.05, 4.69) is 17.9 Å². The van der Waals surface area contributed by atoms with Crippen molar-refractivity contribution in [2.24, 2.45) is 0 Å². The standard InChI is InChI=1S/C10H11FO2/c1-4-6-9(7-5-2)13-10(12)8(3)11/h4-7H,1,3H2,2H3/b7-5-,9-6+. The summed E-state index contributed by atoms with van der Waals surface area (Å²) in [5.74, 6) is -1.99. The van der Waals surface area contributed by atoms with Gasteiger partial charge in [0, 0.05) is 0 Å². The molecule has 0 unspecified atom stereocenters. The predicted molar refractivity (Wildman–Crippen MR) is 49.4 cm³/mol. The molecule has 0 bridgehead atoms. The molecule has 0 heterocycles. The summed E-state index contributed by atoms with van der Waals surface area (Å²) in [6, 6.07) is 0. The van der Waals surface area contributed by atoms with Gasteiger partial charge in [0.25, 0.3) is 0 Å². The molecule has 13 heavy (non-hydrogen) atoms. The fraction of sp³-hybridized carbons (Fsp3) is 0.100. The SMILES string of the molecule is C=C/C=C(\C=C/C)OC(=O)C(=C)F. The molecule has 0 aromatic rings. The van der Waals surface area contributed by atoms with Crippen molar-refractivity contribution in [1.29, 1.82) is 0 Å². The molecule has 3 heteroatoms. The zero-order valence-corrected chi connectivity index (χ0v) is 7.42. The van der Waals surface area contributed by atoms with Crippen LogP contribution in [0.5, 0.6) is 0 Å². The molecular formula is C10H11FO2. The Morgan fingerprint density at radius 2 is 2.15 bits per heavy atom. The Balaban J connectivity index is 4.44. The lowest BCUT2D eigenvalue weighted by Gasteiger charge is -2.01. The molecule has 0 radical (unpaired) electrons. The highest BCUT2D eigenvalue weighted by Gasteiger charge is 2.08. The lowest BCUT2D eigenvalue weighted by atomic mass is 10.4. The normalized spacial score (nSPS) is 11.4. The summed E-state index contributed by atoms with van der Waals surface area (Å²) in [6.45, 7) is 7.97. The van der Waals surface area contributed by atoms with Gasteiger partial charge in [0.15, 0.2) is 0 Å². The Labute approximate surface area is 76.7 Å². The summed E-state index contributed by atoms with van der Waals surface area (Å²) in [6.07, 6.45) is 6.05. The summed E-state index contributed by atoms with van der Waals surface area (Å²) in [7, 11) is 0. The first-order valence-corrected chi connectivity index (χ1v) is 3.63. The zero-order chi connectivity index (χ0) is 10.3. The molecule has 0 aliphatic carbocycles. The minimum absolute atomic E-state index is 0.223. The Kier molecular flexibility index (Phi) is 5.19. The second kappa shape index (κ2) is 5.94. The van der Waals surface area contributed by atoms with Crippen LogP contribution >= 0.6 is 0 Å². The molecule has 0 aliphatic heterocycles. The topological polar surface area (TPSA) is 26.3 Å². The first kappa shape index (κ1) is 11.4. The molecular weight excluding hydrogens is 171 g/mol. The molecule has 0 spiro atoms. The van der Waals surface area contributed by atoms with Gasteiger partial charge in [-0.25, -0.2) is 4.79 Å². The first-order valence-electron chi connectivity index (χ1n) is 3.63. The van der Waals surface area contributed by atoms with Crippen molar-refractivity contribution >= 4 is 5.97 Å². The van der Waals surface area contributed by atoms with Crippen LogP contribution in [0.4, 0.5) is 4.39 Å². The van der Waals surface area contributed by atoms with Gasteiger partial charge in [-0.15, -0.1) is 0 Å². The molecule has 2 nitrogen and oxygen atoms in total. The number of esters is 1. The van der Waals surface area contributed by atoms with Crippen LogP contribution < -0.4 is 0 Å². The van der Waals surface area contributed by atoms with Gasteiger partial charge in [-0.2, -0.15) is 4.39 Å². The number of rotatable bonds is 4. The molecule has 0 fully saturated rings. The van der Waals surface area contributed by atoms with Gasteiger partial charge < -0.3 is 4.74 Å². The molecule has 0 atom stereocenters. The van der Waals surface area contributed by atoms with E-state index in [1.807, 2.05) is 0 Å². The van der Waals surface area contributed by atoms with E-state index in [1.165, 1.54) is 18.2 Å².